The Balaban J connectivity index is 4.31. The minimum Gasteiger partial charge on any atom is -0.328 e. The van der Waals surface area contributed by atoms with Crippen molar-refractivity contribution in [2.24, 2.45) is 0 Å². The molecule has 0 aromatic carbocycles. The maximum absolute atomic E-state index is 12.1. The first kappa shape index (κ1) is 12.2. The molecule has 74 valence electrons. The van der Waals surface area contributed by atoms with E-state index in [4.69, 9.17) is 4.52 Å². The molecular formula is C9H21O2P. The molecule has 0 aliphatic rings. The summed E-state index contributed by atoms with van der Waals surface area (Å²) in [5, 5.41) is 0. The fourth-order valence-corrected chi connectivity index (χ4v) is 3.39. The van der Waals surface area contributed by atoms with Crippen molar-refractivity contribution < 1.29 is 9.09 Å². The van der Waals surface area contributed by atoms with Crippen LogP contribution in [-0.4, -0.2) is 17.9 Å². The van der Waals surface area contributed by atoms with E-state index < -0.39 is 7.37 Å². The molecule has 0 aliphatic heterocycles. The zero-order chi connectivity index (χ0) is 9.78. The maximum Gasteiger partial charge on any atom is 0.208 e. The molecule has 12 heavy (non-hydrogen) atoms. The number of hydrogen-bond donors (Lipinski definition) is 0. The molecule has 2 nitrogen and oxygen atoms in total. The predicted octanol–water partition coefficient (Wildman–Crippen LogP) is 3.51. The summed E-state index contributed by atoms with van der Waals surface area (Å²) < 4.78 is 17.6. The molecule has 0 rings (SSSR count). The van der Waals surface area contributed by atoms with Crippen LogP contribution in [0.1, 0.15) is 41.0 Å². The third-order valence-electron chi connectivity index (χ3n) is 1.94. The molecule has 0 bridgehead atoms. The molecule has 0 atom stereocenters. The highest BCUT2D eigenvalue weighted by Crippen LogP contribution is 2.55. The largest absolute Gasteiger partial charge is 0.328 e. The molecule has 0 saturated carbocycles. The molecule has 0 radical (unpaired) electrons. The lowest BCUT2D eigenvalue weighted by molar-refractivity contribution is 0.303. The molecule has 0 aromatic heterocycles. The first-order chi connectivity index (χ1) is 5.45. The van der Waals surface area contributed by atoms with Gasteiger partial charge in [-0.1, -0.05) is 34.6 Å². The van der Waals surface area contributed by atoms with Crippen molar-refractivity contribution in [1.82, 2.24) is 0 Å². The van der Waals surface area contributed by atoms with Gasteiger partial charge in [0, 0.05) is 11.3 Å². The van der Waals surface area contributed by atoms with Crippen molar-refractivity contribution in [3.63, 3.8) is 0 Å². The monoisotopic (exact) mass is 192 g/mol. The highest BCUT2D eigenvalue weighted by Gasteiger charge is 2.30. The van der Waals surface area contributed by atoms with Crippen molar-refractivity contribution in [2.75, 3.05) is 6.61 Å². The van der Waals surface area contributed by atoms with Gasteiger partial charge in [-0.15, -0.1) is 0 Å². The van der Waals surface area contributed by atoms with Crippen molar-refractivity contribution in [2.45, 2.75) is 52.4 Å². The van der Waals surface area contributed by atoms with Crippen LogP contribution in [0.25, 0.3) is 0 Å². The molecular weight excluding hydrogens is 171 g/mol. The fraction of sp³-hybridized carbons (Fsp3) is 1.00. The van der Waals surface area contributed by atoms with Crippen LogP contribution in [0.15, 0.2) is 0 Å². The van der Waals surface area contributed by atoms with Crippen LogP contribution in [0.3, 0.4) is 0 Å². The third-order valence-corrected chi connectivity index (χ3v) is 5.40. The minimum atomic E-state index is -2.38. The van der Waals surface area contributed by atoms with Crippen molar-refractivity contribution in [3.8, 4) is 0 Å². The second kappa shape index (κ2) is 5.04. The topological polar surface area (TPSA) is 26.3 Å². The van der Waals surface area contributed by atoms with E-state index in [1.54, 1.807) is 0 Å². The average molecular weight is 192 g/mol. The first-order valence-corrected chi connectivity index (χ1v) is 6.45. The Morgan fingerprint density at radius 2 is 1.58 bits per heavy atom. The van der Waals surface area contributed by atoms with E-state index in [0.29, 0.717) is 6.61 Å². The van der Waals surface area contributed by atoms with Gasteiger partial charge in [0.1, 0.15) is 0 Å². The number of rotatable bonds is 5. The summed E-state index contributed by atoms with van der Waals surface area (Å²) in [6.07, 6.45) is 0.934. The van der Waals surface area contributed by atoms with Crippen LogP contribution in [-0.2, 0) is 9.09 Å². The molecule has 0 aromatic rings. The Hall–Kier alpha value is 0.190. The molecule has 0 unspecified atom stereocenters. The van der Waals surface area contributed by atoms with E-state index in [1.807, 2.05) is 34.6 Å². The van der Waals surface area contributed by atoms with Gasteiger partial charge in [-0.25, -0.2) is 0 Å². The van der Waals surface area contributed by atoms with E-state index in [1.165, 1.54) is 0 Å². The molecule has 0 heterocycles. The summed E-state index contributed by atoms with van der Waals surface area (Å²) in [5.41, 5.74) is 0.285. The summed E-state index contributed by atoms with van der Waals surface area (Å²) in [4.78, 5) is 0. The Bertz CT molecular complexity index is 152. The van der Waals surface area contributed by atoms with E-state index in [2.05, 4.69) is 0 Å². The SMILES string of the molecule is CCCOP(=O)(C(C)C)C(C)C. The molecule has 0 saturated heterocycles. The van der Waals surface area contributed by atoms with Crippen LogP contribution in [0.2, 0.25) is 0 Å². The Labute approximate surface area is 76.1 Å². The van der Waals surface area contributed by atoms with Crippen molar-refractivity contribution >= 4 is 7.37 Å². The van der Waals surface area contributed by atoms with Crippen LogP contribution >= 0.6 is 7.37 Å². The molecule has 0 spiro atoms. The normalized spacial score (nSPS) is 12.9. The van der Waals surface area contributed by atoms with Crippen LogP contribution in [0, 0.1) is 0 Å². The van der Waals surface area contributed by atoms with Crippen LogP contribution in [0.4, 0.5) is 0 Å². The minimum absolute atomic E-state index is 0.143. The third kappa shape index (κ3) is 2.91. The molecule has 0 fully saturated rings. The molecule has 0 N–H and O–H groups in total. The lowest BCUT2D eigenvalue weighted by Gasteiger charge is -2.25. The highest BCUT2D eigenvalue weighted by atomic mass is 31.2. The summed E-state index contributed by atoms with van der Waals surface area (Å²) in [6.45, 7) is 10.5. The first-order valence-electron chi connectivity index (χ1n) is 4.69. The van der Waals surface area contributed by atoms with Gasteiger partial charge in [-0.05, 0) is 6.42 Å². The standard InChI is InChI=1S/C9H21O2P/c1-6-7-11-12(10,8(2)3)9(4)5/h8-9H,6-7H2,1-5H3. The summed E-state index contributed by atoms with van der Waals surface area (Å²) in [5.74, 6) is 0. The van der Waals surface area contributed by atoms with E-state index in [0.717, 1.165) is 6.42 Å². The summed E-state index contributed by atoms with van der Waals surface area (Å²) >= 11 is 0. The van der Waals surface area contributed by atoms with Gasteiger partial charge < -0.3 is 4.52 Å². The Morgan fingerprint density at radius 1 is 1.17 bits per heavy atom. The van der Waals surface area contributed by atoms with E-state index >= 15 is 0 Å². The van der Waals surface area contributed by atoms with Crippen molar-refractivity contribution in [3.05, 3.63) is 0 Å². The van der Waals surface area contributed by atoms with Crippen LogP contribution in [0.5, 0.6) is 0 Å². The van der Waals surface area contributed by atoms with E-state index in [-0.39, 0.29) is 11.3 Å². The molecule has 0 amide bonds. The Kier molecular flexibility index (Phi) is 5.12. The van der Waals surface area contributed by atoms with Gasteiger partial charge in [0.05, 0.1) is 6.61 Å². The average Bonchev–Trinajstić information content (AvgIpc) is 1.99. The zero-order valence-electron chi connectivity index (χ0n) is 8.83. The van der Waals surface area contributed by atoms with Gasteiger partial charge in [0.15, 0.2) is 0 Å². The number of hydrogen-bond acceptors (Lipinski definition) is 2. The van der Waals surface area contributed by atoms with Gasteiger partial charge >= 0.3 is 0 Å². The zero-order valence-corrected chi connectivity index (χ0v) is 9.73. The van der Waals surface area contributed by atoms with Gasteiger partial charge in [-0.2, -0.15) is 0 Å². The fourth-order valence-electron chi connectivity index (χ4n) is 1.13. The van der Waals surface area contributed by atoms with Gasteiger partial charge in [0.2, 0.25) is 7.37 Å². The lowest BCUT2D eigenvalue weighted by atomic mass is 10.5. The summed E-state index contributed by atoms with van der Waals surface area (Å²) in [7, 11) is -2.38. The van der Waals surface area contributed by atoms with E-state index in [9.17, 15) is 4.57 Å². The lowest BCUT2D eigenvalue weighted by Crippen LogP contribution is -2.11. The smallest absolute Gasteiger partial charge is 0.208 e. The van der Waals surface area contributed by atoms with Crippen molar-refractivity contribution in [1.29, 1.82) is 0 Å². The second-order valence-corrected chi connectivity index (χ2v) is 7.28. The van der Waals surface area contributed by atoms with Gasteiger partial charge in [0.25, 0.3) is 0 Å². The summed E-state index contributed by atoms with van der Waals surface area (Å²) in [6, 6.07) is 0. The molecule has 0 aliphatic carbocycles. The predicted molar refractivity (Wildman–Crippen MR) is 54.1 cm³/mol. The second-order valence-electron chi connectivity index (χ2n) is 3.67. The molecule has 3 heteroatoms. The quantitative estimate of drug-likeness (QED) is 0.623. The Morgan fingerprint density at radius 3 is 1.83 bits per heavy atom. The maximum atomic E-state index is 12.1. The highest BCUT2D eigenvalue weighted by molar-refractivity contribution is 7.60. The van der Waals surface area contributed by atoms with Crippen LogP contribution < -0.4 is 0 Å². The van der Waals surface area contributed by atoms with Gasteiger partial charge in [-0.3, -0.25) is 4.57 Å².